The van der Waals surface area contributed by atoms with Crippen LogP contribution >= 0.6 is 11.3 Å². The highest BCUT2D eigenvalue weighted by atomic mass is 32.1. The lowest BCUT2D eigenvalue weighted by molar-refractivity contribution is -0.130. The summed E-state index contributed by atoms with van der Waals surface area (Å²) >= 11 is 1.65. The Hall–Kier alpha value is -2.14. The van der Waals surface area contributed by atoms with Crippen LogP contribution in [0.5, 0.6) is 5.75 Å². The van der Waals surface area contributed by atoms with Crippen LogP contribution in [0, 0.1) is 0 Å². The Labute approximate surface area is 134 Å². The summed E-state index contributed by atoms with van der Waals surface area (Å²) in [4.78, 5) is 13.1. The van der Waals surface area contributed by atoms with Crippen molar-refractivity contribution in [2.45, 2.75) is 26.3 Å². The van der Waals surface area contributed by atoms with Crippen LogP contribution in [0.2, 0.25) is 0 Å². The largest absolute Gasteiger partial charge is 0.494 e. The third-order valence-corrected chi connectivity index (χ3v) is 4.54. The number of ether oxygens (including phenoxy) is 1. The molecule has 0 bridgehead atoms. The molecule has 2 heterocycles. The number of para-hydroxylation sites is 1. The number of nitrogens with zero attached hydrogens (tertiary/aromatic N) is 2. The van der Waals surface area contributed by atoms with Gasteiger partial charge in [-0.15, -0.1) is 11.3 Å². The van der Waals surface area contributed by atoms with E-state index in [1.807, 2.05) is 48.7 Å². The van der Waals surface area contributed by atoms with Gasteiger partial charge in [0, 0.05) is 18.9 Å². The molecule has 0 radical (unpaired) electrons. The molecule has 0 aliphatic carbocycles. The summed E-state index contributed by atoms with van der Waals surface area (Å²) in [5.41, 5.74) is 1.97. The van der Waals surface area contributed by atoms with Gasteiger partial charge in [-0.2, -0.15) is 5.10 Å². The summed E-state index contributed by atoms with van der Waals surface area (Å²) in [5.74, 6) is 0.770. The van der Waals surface area contributed by atoms with Crippen molar-refractivity contribution in [2.75, 3.05) is 6.61 Å². The van der Waals surface area contributed by atoms with Gasteiger partial charge in [0.2, 0.25) is 5.91 Å². The molecule has 5 heteroatoms. The molecule has 1 amide bonds. The third kappa shape index (κ3) is 2.76. The predicted molar refractivity (Wildman–Crippen MR) is 88.3 cm³/mol. The second-order valence-electron chi connectivity index (χ2n) is 5.08. The summed E-state index contributed by atoms with van der Waals surface area (Å²) in [6, 6.07) is 11.8. The molecule has 1 aromatic heterocycles. The number of thiophene rings is 1. The van der Waals surface area contributed by atoms with Gasteiger partial charge in [0.15, 0.2) is 0 Å². The molecule has 0 N–H and O–H groups in total. The summed E-state index contributed by atoms with van der Waals surface area (Å²) < 4.78 is 5.72. The van der Waals surface area contributed by atoms with E-state index in [1.165, 1.54) is 0 Å². The molecule has 0 fully saturated rings. The predicted octanol–water partition coefficient (Wildman–Crippen LogP) is 3.84. The topological polar surface area (TPSA) is 41.9 Å². The Balaban J connectivity index is 1.96. The quantitative estimate of drug-likeness (QED) is 0.860. The summed E-state index contributed by atoms with van der Waals surface area (Å²) in [6.45, 7) is 4.11. The molecule has 3 rings (SSSR count). The highest BCUT2D eigenvalue weighted by Gasteiger charge is 2.33. The lowest BCUT2D eigenvalue weighted by Crippen LogP contribution is -2.24. The first kappa shape index (κ1) is 14.8. The van der Waals surface area contributed by atoms with Crippen LogP contribution in [-0.2, 0) is 4.79 Å². The number of hydrogen-bond acceptors (Lipinski definition) is 4. The van der Waals surface area contributed by atoms with Crippen molar-refractivity contribution in [1.82, 2.24) is 5.01 Å². The van der Waals surface area contributed by atoms with Crippen LogP contribution in [0.4, 0.5) is 0 Å². The molecule has 1 aromatic carbocycles. The van der Waals surface area contributed by atoms with Gasteiger partial charge < -0.3 is 4.74 Å². The van der Waals surface area contributed by atoms with Crippen LogP contribution in [-0.4, -0.2) is 23.2 Å². The van der Waals surface area contributed by atoms with Crippen molar-refractivity contribution in [1.29, 1.82) is 0 Å². The van der Waals surface area contributed by atoms with Gasteiger partial charge in [0.1, 0.15) is 5.75 Å². The molecule has 1 aliphatic rings. The lowest BCUT2D eigenvalue weighted by atomic mass is 10.00. The third-order valence-electron chi connectivity index (χ3n) is 3.62. The first-order chi connectivity index (χ1) is 10.7. The fourth-order valence-electron chi connectivity index (χ4n) is 2.68. The number of hydrazone groups is 1. The van der Waals surface area contributed by atoms with E-state index in [2.05, 4.69) is 5.10 Å². The summed E-state index contributed by atoms with van der Waals surface area (Å²) in [5, 5.41) is 8.15. The maximum Gasteiger partial charge on any atom is 0.240 e. The van der Waals surface area contributed by atoms with Crippen molar-refractivity contribution in [3.8, 4) is 5.75 Å². The highest BCUT2D eigenvalue weighted by molar-refractivity contribution is 7.12. The van der Waals surface area contributed by atoms with Crippen molar-refractivity contribution >= 4 is 23.0 Å². The molecule has 0 spiro atoms. The Morgan fingerprint density at radius 1 is 1.36 bits per heavy atom. The number of hydrogen-bond donors (Lipinski definition) is 0. The van der Waals surface area contributed by atoms with Gasteiger partial charge in [-0.3, -0.25) is 4.79 Å². The van der Waals surface area contributed by atoms with E-state index in [4.69, 9.17) is 4.74 Å². The zero-order chi connectivity index (χ0) is 15.5. The van der Waals surface area contributed by atoms with E-state index < -0.39 is 0 Å². The zero-order valence-electron chi connectivity index (χ0n) is 12.7. The van der Waals surface area contributed by atoms with Crippen LogP contribution in [0.15, 0.2) is 46.9 Å². The van der Waals surface area contributed by atoms with Crippen molar-refractivity contribution < 1.29 is 9.53 Å². The van der Waals surface area contributed by atoms with Crippen molar-refractivity contribution in [3.63, 3.8) is 0 Å². The normalized spacial score (nSPS) is 17.5. The van der Waals surface area contributed by atoms with E-state index in [0.29, 0.717) is 13.0 Å². The van der Waals surface area contributed by atoms with Crippen molar-refractivity contribution in [3.05, 3.63) is 52.2 Å². The van der Waals surface area contributed by atoms with Crippen LogP contribution in [0.3, 0.4) is 0 Å². The Bertz CT molecular complexity index is 694. The monoisotopic (exact) mass is 314 g/mol. The molecule has 0 unspecified atom stereocenters. The molecule has 22 heavy (non-hydrogen) atoms. The molecule has 0 saturated carbocycles. The van der Waals surface area contributed by atoms with Gasteiger partial charge in [0.25, 0.3) is 0 Å². The molecule has 4 nitrogen and oxygen atoms in total. The number of rotatable bonds is 4. The maximum absolute atomic E-state index is 12.0. The highest BCUT2D eigenvalue weighted by Crippen LogP contribution is 2.37. The number of benzene rings is 1. The molecule has 0 saturated heterocycles. The average Bonchev–Trinajstić information content (AvgIpc) is 3.17. The fraction of sp³-hybridized carbons (Fsp3) is 0.294. The molecule has 2 aromatic rings. The number of carbonyl (C=O) groups excluding carboxylic acids is 1. The fourth-order valence-corrected chi connectivity index (χ4v) is 3.40. The van der Waals surface area contributed by atoms with Crippen molar-refractivity contribution in [2.24, 2.45) is 5.10 Å². The Morgan fingerprint density at radius 3 is 2.86 bits per heavy atom. The molecular weight excluding hydrogens is 296 g/mol. The van der Waals surface area contributed by atoms with Gasteiger partial charge >= 0.3 is 0 Å². The first-order valence-electron chi connectivity index (χ1n) is 7.33. The standard InChI is InChI=1S/C17H18N2O2S/c1-3-21-16-8-5-4-7-13(16)15-11-14(17-9-6-10-22-17)18-19(15)12(2)20/h4-10,15H,3,11H2,1-2H3/t15-/m1/s1. The van der Waals surface area contributed by atoms with Gasteiger partial charge in [-0.1, -0.05) is 24.3 Å². The second kappa shape index (κ2) is 6.32. The summed E-state index contributed by atoms with van der Waals surface area (Å²) in [7, 11) is 0. The van der Waals surface area contributed by atoms with Crippen LogP contribution in [0.25, 0.3) is 0 Å². The Morgan fingerprint density at radius 2 is 2.18 bits per heavy atom. The van der Waals surface area contributed by atoms with E-state index in [1.54, 1.807) is 23.3 Å². The van der Waals surface area contributed by atoms with Crippen LogP contribution in [0.1, 0.15) is 36.8 Å². The first-order valence-corrected chi connectivity index (χ1v) is 8.21. The second-order valence-corrected chi connectivity index (χ2v) is 6.03. The smallest absolute Gasteiger partial charge is 0.240 e. The van der Waals surface area contributed by atoms with Gasteiger partial charge in [0.05, 0.1) is 23.2 Å². The SMILES string of the molecule is CCOc1ccccc1[C@H]1CC(c2cccs2)=NN1C(C)=O. The molecule has 1 aliphatic heterocycles. The van der Waals surface area contributed by atoms with Gasteiger partial charge in [-0.25, -0.2) is 5.01 Å². The number of carbonyl (C=O) groups is 1. The molecular formula is C17H18N2O2S. The number of amides is 1. The van der Waals surface area contributed by atoms with E-state index in [0.717, 1.165) is 21.9 Å². The Kier molecular flexibility index (Phi) is 4.24. The van der Waals surface area contributed by atoms with E-state index >= 15 is 0 Å². The minimum atomic E-state index is -0.0997. The minimum absolute atomic E-state index is 0.0529. The van der Waals surface area contributed by atoms with Gasteiger partial charge in [-0.05, 0) is 24.4 Å². The summed E-state index contributed by atoms with van der Waals surface area (Å²) in [6.07, 6.45) is 0.712. The van der Waals surface area contributed by atoms with E-state index in [9.17, 15) is 4.79 Å². The maximum atomic E-state index is 12.0. The minimum Gasteiger partial charge on any atom is -0.494 e. The average molecular weight is 314 g/mol. The van der Waals surface area contributed by atoms with E-state index in [-0.39, 0.29) is 11.9 Å². The molecule has 1 atom stereocenters. The van der Waals surface area contributed by atoms with Crippen LogP contribution < -0.4 is 4.74 Å². The zero-order valence-corrected chi connectivity index (χ0v) is 13.5. The molecule has 114 valence electrons. The lowest BCUT2D eigenvalue weighted by Gasteiger charge is -2.22.